The van der Waals surface area contributed by atoms with Crippen molar-refractivity contribution in [2.24, 2.45) is 4.99 Å². The summed E-state index contributed by atoms with van der Waals surface area (Å²) in [6, 6.07) is 3.89. The van der Waals surface area contributed by atoms with E-state index >= 15 is 0 Å². The molecular formula is C17H23F3N2O3. The highest BCUT2D eigenvalue weighted by Crippen LogP contribution is 2.29. The Kier molecular flexibility index (Phi) is 8.40. The molecule has 140 valence electrons. The fourth-order valence-electron chi connectivity index (χ4n) is 1.72. The van der Waals surface area contributed by atoms with Gasteiger partial charge >= 0.3 is 6.18 Å². The second-order valence-corrected chi connectivity index (χ2v) is 5.27. The fourth-order valence-corrected chi connectivity index (χ4v) is 1.72. The molecule has 1 atom stereocenters. The molecule has 0 bridgehead atoms. The standard InChI is InChI=1S/C17H23F3N2O3/c1-4-12(3)21-16(25-11-10-24-5-2)22-15(23)13-6-8-14(9-7-13)17(18,19)20/h6-9,12H,4-5,10-11H2,1-3H3,(H,21,22,23). The summed E-state index contributed by atoms with van der Waals surface area (Å²) in [6.07, 6.45) is -3.70. The van der Waals surface area contributed by atoms with Crippen molar-refractivity contribution in [3.8, 4) is 0 Å². The van der Waals surface area contributed by atoms with Gasteiger partial charge < -0.3 is 9.47 Å². The maximum atomic E-state index is 12.6. The van der Waals surface area contributed by atoms with Gasteiger partial charge in [-0.15, -0.1) is 0 Å². The van der Waals surface area contributed by atoms with Gasteiger partial charge in [0.1, 0.15) is 6.61 Å². The predicted octanol–water partition coefficient (Wildman–Crippen LogP) is 3.64. The van der Waals surface area contributed by atoms with Crippen LogP contribution < -0.4 is 5.32 Å². The monoisotopic (exact) mass is 360 g/mol. The second-order valence-electron chi connectivity index (χ2n) is 5.27. The summed E-state index contributed by atoms with van der Waals surface area (Å²) in [5.41, 5.74) is -0.733. The molecule has 1 amide bonds. The fraction of sp³-hybridized carbons (Fsp3) is 0.529. The minimum Gasteiger partial charge on any atom is -0.463 e. The van der Waals surface area contributed by atoms with Gasteiger partial charge in [0.05, 0.1) is 18.2 Å². The van der Waals surface area contributed by atoms with Crippen LogP contribution in [0.4, 0.5) is 13.2 Å². The number of alkyl halides is 3. The van der Waals surface area contributed by atoms with Gasteiger partial charge in [-0.2, -0.15) is 13.2 Å². The smallest absolute Gasteiger partial charge is 0.416 e. The van der Waals surface area contributed by atoms with Crippen molar-refractivity contribution >= 4 is 11.9 Å². The van der Waals surface area contributed by atoms with E-state index in [0.29, 0.717) is 13.2 Å². The SMILES string of the molecule is CCOCCOC(=NC(C)CC)NC(=O)c1ccc(C(F)(F)F)cc1. The molecule has 1 unspecified atom stereocenters. The molecule has 8 heteroatoms. The van der Waals surface area contributed by atoms with E-state index in [1.807, 2.05) is 20.8 Å². The van der Waals surface area contributed by atoms with Crippen molar-refractivity contribution in [2.75, 3.05) is 19.8 Å². The van der Waals surface area contributed by atoms with Crippen LogP contribution in [0.1, 0.15) is 43.1 Å². The molecule has 0 saturated heterocycles. The molecule has 0 aliphatic carbocycles. The Balaban J connectivity index is 2.77. The van der Waals surface area contributed by atoms with Gasteiger partial charge in [-0.25, -0.2) is 4.99 Å². The third-order valence-electron chi connectivity index (χ3n) is 3.29. The Morgan fingerprint density at radius 3 is 2.36 bits per heavy atom. The Bertz CT molecular complexity index is 571. The van der Waals surface area contributed by atoms with E-state index in [-0.39, 0.29) is 24.2 Å². The molecule has 5 nitrogen and oxygen atoms in total. The van der Waals surface area contributed by atoms with Crippen LogP contribution in [0.2, 0.25) is 0 Å². The number of halogens is 3. The molecule has 0 heterocycles. The molecular weight excluding hydrogens is 337 g/mol. The summed E-state index contributed by atoms with van der Waals surface area (Å²) in [7, 11) is 0. The minimum absolute atomic E-state index is 0.0268. The van der Waals surface area contributed by atoms with E-state index in [1.165, 1.54) is 0 Å². The van der Waals surface area contributed by atoms with Crippen molar-refractivity contribution in [2.45, 2.75) is 39.4 Å². The van der Waals surface area contributed by atoms with E-state index in [1.54, 1.807) is 0 Å². The minimum atomic E-state index is -4.44. The lowest BCUT2D eigenvalue weighted by Gasteiger charge is -2.13. The van der Waals surface area contributed by atoms with Crippen molar-refractivity contribution in [1.82, 2.24) is 5.32 Å². The Hall–Kier alpha value is -2.09. The van der Waals surface area contributed by atoms with Gasteiger partial charge in [0.15, 0.2) is 0 Å². The molecule has 0 spiro atoms. The van der Waals surface area contributed by atoms with Crippen LogP contribution in [-0.2, 0) is 15.7 Å². The van der Waals surface area contributed by atoms with Crippen LogP contribution in [0.3, 0.4) is 0 Å². The van der Waals surface area contributed by atoms with E-state index in [9.17, 15) is 18.0 Å². The second kappa shape index (κ2) is 10.0. The highest BCUT2D eigenvalue weighted by Gasteiger charge is 2.30. The number of ether oxygens (including phenoxy) is 2. The molecule has 0 aliphatic rings. The predicted molar refractivity (Wildman–Crippen MR) is 88.5 cm³/mol. The molecule has 1 rings (SSSR count). The highest BCUT2D eigenvalue weighted by atomic mass is 19.4. The molecule has 0 saturated carbocycles. The third kappa shape index (κ3) is 7.55. The normalized spacial score (nSPS) is 13.4. The van der Waals surface area contributed by atoms with Crippen LogP contribution in [-0.4, -0.2) is 37.8 Å². The van der Waals surface area contributed by atoms with Crippen molar-refractivity contribution in [1.29, 1.82) is 0 Å². The molecule has 0 aliphatic heterocycles. The van der Waals surface area contributed by atoms with Crippen LogP contribution in [0.15, 0.2) is 29.3 Å². The topological polar surface area (TPSA) is 59.9 Å². The first-order valence-electron chi connectivity index (χ1n) is 8.04. The van der Waals surface area contributed by atoms with Crippen LogP contribution >= 0.6 is 0 Å². The highest BCUT2D eigenvalue weighted by molar-refractivity contribution is 6.04. The van der Waals surface area contributed by atoms with E-state index < -0.39 is 17.6 Å². The summed E-state index contributed by atoms with van der Waals surface area (Å²) in [5, 5.41) is 2.49. The Morgan fingerprint density at radius 1 is 1.20 bits per heavy atom. The van der Waals surface area contributed by atoms with E-state index in [4.69, 9.17) is 9.47 Å². The zero-order valence-corrected chi connectivity index (χ0v) is 14.5. The first-order chi connectivity index (χ1) is 11.8. The average Bonchev–Trinajstić information content (AvgIpc) is 2.57. The van der Waals surface area contributed by atoms with Gasteiger partial charge in [0.2, 0.25) is 0 Å². The average molecular weight is 360 g/mol. The molecule has 0 fully saturated rings. The summed E-state index contributed by atoms with van der Waals surface area (Å²) in [6.45, 7) is 6.72. The van der Waals surface area contributed by atoms with Gasteiger partial charge in [0, 0.05) is 12.2 Å². The lowest BCUT2D eigenvalue weighted by molar-refractivity contribution is -0.137. The third-order valence-corrected chi connectivity index (χ3v) is 3.29. The van der Waals surface area contributed by atoms with Gasteiger partial charge in [0.25, 0.3) is 11.9 Å². The number of rotatable bonds is 7. The number of amidine groups is 1. The van der Waals surface area contributed by atoms with E-state index in [2.05, 4.69) is 10.3 Å². The molecule has 0 aromatic heterocycles. The summed E-state index contributed by atoms with van der Waals surface area (Å²) < 4.78 is 48.2. The number of amides is 1. The van der Waals surface area contributed by atoms with Gasteiger partial charge in [-0.05, 0) is 44.5 Å². The lowest BCUT2D eigenvalue weighted by Crippen LogP contribution is -2.34. The van der Waals surface area contributed by atoms with Crippen LogP contribution in [0.5, 0.6) is 0 Å². The number of hydrogen-bond acceptors (Lipinski definition) is 4. The number of nitrogens with zero attached hydrogens (tertiary/aromatic N) is 1. The van der Waals surface area contributed by atoms with Crippen molar-refractivity contribution < 1.29 is 27.4 Å². The number of benzene rings is 1. The van der Waals surface area contributed by atoms with Crippen molar-refractivity contribution in [3.05, 3.63) is 35.4 Å². The Morgan fingerprint density at radius 2 is 1.84 bits per heavy atom. The quantitative estimate of drug-likeness (QED) is 0.459. The molecule has 1 aromatic carbocycles. The van der Waals surface area contributed by atoms with Crippen LogP contribution in [0, 0.1) is 0 Å². The van der Waals surface area contributed by atoms with Gasteiger partial charge in [-0.1, -0.05) is 6.92 Å². The zero-order chi connectivity index (χ0) is 18.9. The maximum Gasteiger partial charge on any atom is 0.416 e. The number of nitrogens with one attached hydrogen (secondary N) is 1. The molecule has 1 N–H and O–H groups in total. The summed E-state index contributed by atoms with van der Waals surface area (Å²) >= 11 is 0. The van der Waals surface area contributed by atoms with Gasteiger partial charge in [-0.3, -0.25) is 10.1 Å². The molecule has 25 heavy (non-hydrogen) atoms. The van der Waals surface area contributed by atoms with E-state index in [0.717, 1.165) is 30.7 Å². The summed E-state index contributed by atoms with van der Waals surface area (Å²) in [5.74, 6) is -0.591. The first kappa shape index (κ1) is 21.0. The van der Waals surface area contributed by atoms with Crippen LogP contribution in [0.25, 0.3) is 0 Å². The molecule has 0 radical (unpaired) electrons. The largest absolute Gasteiger partial charge is 0.463 e. The Labute approximate surface area is 145 Å². The lowest BCUT2D eigenvalue weighted by atomic mass is 10.1. The summed E-state index contributed by atoms with van der Waals surface area (Å²) in [4.78, 5) is 16.4. The number of aliphatic imine (C=N–C) groups is 1. The number of carbonyl (C=O) groups excluding carboxylic acids is 1. The number of hydrogen-bond donors (Lipinski definition) is 1. The van der Waals surface area contributed by atoms with Crippen molar-refractivity contribution in [3.63, 3.8) is 0 Å². The number of carbonyl (C=O) groups is 1. The maximum absolute atomic E-state index is 12.6. The zero-order valence-electron chi connectivity index (χ0n) is 14.5. The molecule has 1 aromatic rings. The first-order valence-corrected chi connectivity index (χ1v) is 8.04.